The molecule has 0 radical (unpaired) electrons. The lowest BCUT2D eigenvalue weighted by molar-refractivity contribution is 0.242. The minimum absolute atomic E-state index is 0.0552. The number of benzene rings is 1. The van der Waals surface area contributed by atoms with Gasteiger partial charge in [-0.05, 0) is 44.2 Å². The van der Waals surface area contributed by atoms with Crippen LogP contribution < -0.4 is 9.46 Å². The van der Waals surface area contributed by atoms with Crippen molar-refractivity contribution in [3.8, 4) is 5.75 Å². The van der Waals surface area contributed by atoms with Crippen LogP contribution in [-0.2, 0) is 16.6 Å². The van der Waals surface area contributed by atoms with Gasteiger partial charge in [0.25, 0.3) is 0 Å². The van der Waals surface area contributed by atoms with Crippen molar-refractivity contribution in [3.05, 3.63) is 42.7 Å². The van der Waals surface area contributed by atoms with Crippen molar-refractivity contribution >= 4 is 10.0 Å². The second-order valence-corrected chi connectivity index (χ2v) is 6.57. The summed E-state index contributed by atoms with van der Waals surface area (Å²) in [7, 11) is -3.51. The predicted molar refractivity (Wildman–Crippen MR) is 79.6 cm³/mol. The van der Waals surface area contributed by atoms with Gasteiger partial charge in [0.2, 0.25) is 10.0 Å². The first kappa shape index (κ1) is 15.5. The van der Waals surface area contributed by atoms with Crippen LogP contribution in [0.15, 0.2) is 47.6 Å². The molecule has 1 aromatic carbocycles. The molecular formula is C14H19N3O3S. The fourth-order valence-corrected chi connectivity index (χ4v) is 2.80. The minimum Gasteiger partial charge on any atom is -0.491 e. The van der Waals surface area contributed by atoms with Gasteiger partial charge in [-0.2, -0.15) is 5.10 Å². The van der Waals surface area contributed by atoms with E-state index in [1.807, 2.05) is 13.8 Å². The number of nitrogens with one attached hydrogen (secondary N) is 1. The van der Waals surface area contributed by atoms with Crippen LogP contribution in [0.2, 0.25) is 0 Å². The molecule has 2 rings (SSSR count). The van der Waals surface area contributed by atoms with Gasteiger partial charge >= 0.3 is 0 Å². The molecule has 1 aromatic heterocycles. The topological polar surface area (TPSA) is 73.2 Å². The van der Waals surface area contributed by atoms with E-state index in [1.54, 1.807) is 35.3 Å². The van der Waals surface area contributed by atoms with Gasteiger partial charge in [0.15, 0.2) is 0 Å². The summed E-state index contributed by atoms with van der Waals surface area (Å²) in [5.41, 5.74) is 0. The van der Waals surface area contributed by atoms with Crippen molar-refractivity contribution in [2.45, 2.75) is 31.4 Å². The Morgan fingerprint density at radius 2 is 2.00 bits per heavy atom. The quantitative estimate of drug-likeness (QED) is 0.844. The molecule has 1 heterocycles. The van der Waals surface area contributed by atoms with Crippen LogP contribution in [0.25, 0.3) is 0 Å². The summed E-state index contributed by atoms with van der Waals surface area (Å²) >= 11 is 0. The number of hydrogen-bond donors (Lipinski definition) is 1. The number of hydrogen-bond acceptors (Lipinski definition) is 4. The fourth-order valence-electron chi connectivity index (χ4n) is 1.78. The molecule has 0 aliphatic carbocycles. The SMILES string of the molecule is CC(C)Oc1ccc(S(=O)(=O)NCCn2cccn2)cc1. The van der Waals surface area contributed by atoms with E-state index in [4.69, 9.17) is 4.74 Å². The predicted octanol–water partition coefficient (Wildman–Crippen LogP) is 1.65. The van der Waals surface area contributed by atoms with Gasteiger partial charge < -0.3 is 4.74 Å². The Morgan fingerprint density at radius 3 is 2.57 bits per heavy atom. The molecule has 0 fully saturated rings. The fraction of sp³-hybridized carbons (Fsp3) is 0.357. The van der Waals surface area contributed by atoms with E-state index >= 15 is 0 Å². The van der Waals surface area contributed by atoms with E-state index in [0.29, 0.717) is 12.3 Å². The monoisotopic (exact) mass is 309 g/mol. The molecule has 21 heavy (non-hydrogen) atoms. The van der Waals surface area contributed by atoms with Gasteiger partial charge in [-0.1, -0.05) is 0 Å². The summed E-state index contributed by atoms with van der Waals surface area (Å²) in [6.07, 6.45) is 3.49. The van der Waals surface area contributed by atoms with E-state index in [2.05, 4.69) is 9.82 Å². The smallest absolute Gasteiger partial charge is 0.240 e. The molecule has 6 nitrogen and oxygen atoms in total. The summed E-state index contributed by atoms with van der Waals surface area (Å²) in [6, 6.07) is 8.17. The number of sulfonamides is 1. The molecule has 1 N–H and O–H groups in total. The van der Waals surface area contributed by atoms with Crippen molar-refractivity contribution in [1.82, 2.24) is 14.5 Å². The zero-order valence-electron chi connectivity index (χ0n) is 12.1. The van der Waals surface area contributed by atoms with Gasteiger partial charge in [0, 0.05) is 18.9 Å². The first-order chi connectivity index (χ1) is 9.97. The Kier molecular flexibility index (Phi) is 4.98. The molecule has 0 aliphatic heterocycles. The zero-order chi connectivity index (χ0) is 15.3. The first-order valence-corrected chi connectivity index (χ1v) is 8.19. The highest BCUT2D eigenvalue weighted by Gasteiger charge is 2.13. The van der Waals surface area contributed by atoms with Crippen molar-refractivity contribution in [2.75, 3.05) is 6.54 Å². The molecule has 0 saturated heterocycles. The lowest BCUT2D eigenvalue weighted by atomic mass is 10.3. The highest BCUT2D eigenvalue weighted by Crippen LogP contribution is 2.16. The molecule has 114 valence electrons. The van der Waals surface area contributed by atoms with E-state index in [-0.39, 0.29) is 17.5 Å². The minimum atomic E-state index is -3.51. The molecule has 0 aliphatic rings. The van der Waals surface area contributed by atoms with Crippen LogP contribution in [0.5, 0.6) is 5.75 Å². The Bertz CT molecular complexity index is 649. The van der Waals surface area contributed by atoms with Crippen LogP contribution in [0.3, 0.4) is 0 Å². The van der Waals surface area contributed by atoms with E-state index < -0.39 is 10.0 Å². The number of rotatable bonds is 7. The van der Waals surface area contributed by atoms with Gasteiger partial charge in [-0.15, -0.1) is 0 Å². The summed E-state index contributed by atoms with van der Waals surface area (Å²) in [5.74, 6) is 0.653. The number of nitrogens with zero attached hydrogens (tertiary/aromatic N) is 2. The maximum Gasteiger partial charge on any atom is 0.240 e. The molecule has 2 aromatic rings. The van der Waals surface area contributed by atoms with Crippen LogP contribution in [-0.4, -0.2) is 30.8 Å². The molecule has 0 unspecified atom stereocenters. The third-order valence-electron chi connectivity index (χ3n) is 2.70. The molecule has 0 saturated carbocycles. The Labute approximate surface area is 124 Å². The summed E-state index contributed by atoms with van der Waals surface area (Å²) < 4.78 is 33.9. The van der Waals surface area contributed by atoms with Gasteiger partial charge in [-0.3, -0.25) is 4.68 Å². The highest BCUT2D eigenvalue weighted by atomic mass is 32.2. The number of aromatic nitrogens is 2. The van der Waals surface area contributed by atoms with Crippen LogP contribution in [0, 0.1) is 0 Å². The van der Waals surface area contributed by atoms with Gasteiger partial charge in [-0.25, -0.2) is 13.1 Å². The maximum absolute atomic E-state index is 12.1. The van der Waals surface area contributed by atoms with Gasteiger partial charge in [0.1, 0.15) is 5.75 Å². The Hall–Kier alpha value is -1.86. The summed E-state index contributed by atoms with van der Waals surface area (Å²) in [5, 5.41) is 4.01. The van der Waals surface area contributed by atoms with Crippen molar-refractivity contribution in [2.24, 2.45) is 0 Å². The van der Waals surface area contributed by atoms with Crippen molar-refractivity contribution in [1.29, 1.82) is 0 Å². The van der Waals surface area contributed by atoms with E-state index in [0.717, 1.165) is 0 Å². The average molecular weight is 309 g/mol. The molecule has 0 spiro atoms. The van der Waals surface area contributed by atoms with Crippen LogP contribution in [0.4, 0.5) is 0 Å². The molecule has 0 atom stereocenters. The van der Waals surface area contributed by atoms with Crippen molar-refractivity contribution < 1.29 is 13.2 Å². The average Bonchev–Trinajstić information content (AvgIpc) is 2.91. The van der Waals surface area contributed by atoms with Crippen molar-refractivity contribution in [3.63, 3.8) is 0 Å². The molecule has 7 heteroatoms. The maximum atomic E-state index is 12.1. The largest absolute Gasteiger partial charge is 0.491 e. The third-order valence-corrected chi connectivity index (χ3v) is 4.17. The molecule has 0 bridgehead atoms. The second kappa shape index (κ2) is 6.73. The zero-order valence-corrected chi connectivity index (χ0v) is 12.9. The Balaban J connectivity index is 1.95. The normalized spacial score (nSPS) is 11.8. The first-order valence-electron chi connectivity index (χ1n) is 6.71. The second-order valence-electron chi connectivity index (χ2n) is 4.80. The molecule has 0 amide bonds. The van der Waals surface area contributed by atoms with E-state index in [9.17, 15) is 8.42 Å². The summed E-state index contributed by atoms with van der Waals surface area (Å²) in [6.45, 7) is 4.61. The van der Waals surface area contributed by atoms with Crippen LogP contribution in [0.1, 0.15) is 13.8 Å². The standard InChI is InChI=1S/C14H19N3O3S/c1-12(2)20-13-4-6-14(7-5-13)21(18,19)16-9-11-17-10-3-8-15-17/h3-8,10,12,16H,9,11H2,1-2H3. The van der Waals surface area contributed by atoms with Gasteiger partial charge in [0.05, 0.1) is 17.5 Å². The number of ether oxygens (including phenoxy) is 1. The molecular weight excluding hydrogens is 290 g/mol. The highest BCUT2D eigenvalue weighted by molar-refractivity contribution is 7.89. The Morgan fingerprint density at radius 1 is 1.29 bits per heavy atom. The lowest BCUT2D eigenvalue weighted by Crippen LogP contribution is -2.27. The third kappa shape index (κ3) is 4.57. The van der Waals surface area contributed by atoms with Crippen LogP contribution >= 0.6 is 0 Å². The summed E-state index contributed by atoms with van der Waals surface area (Å²) in [4.78, 5) is 0.221. The van der Waals surface area contributed by atoms with E-state index in [1.165, 1.54) is 12.1 Å². The lowest BCUT2D eigenvalue weighted by Gasteiger charge is -2.11.